The van der Waals surface area contributed by atoms with Crippen molar-refractivity contribution in [3.8, 4) is 0 Å². The fourth-order valence-corrected chi connectivity index (χ4v) is 3.37. The van der Waals surface area contributed by atoms with E-state index in [1.165, 1.54) is 0 Å². The van der Waals surface area contributed by atoms with Crippen molar-refractivity contribution < 1.29 is 10.0 Å². The Bertz CT molecular complexity index is 739. The predicted octanol–water partition coefficient (Wildman–Crippen LogP) is 3.94. The number of carbonyl (C=O) groups is 1. The fraction of sp³-hybridized carbons (Fsp3) is 0.200. The van der Waals surface area contributed by atoms with Gasteiger partial charge in [0, 0.05) is 28.4 Å². The monoisotopic (exact) mass is 320 g/mol. The molecule has 108 valence electrons. The van der Waals surface area contributed by atoms with Crippen molar-refractivity contribution in [3.05, 3.63) is 50.7 Å². The van der Waals surface area contributed by atoms with E-state index in [1.807, 2.05) is 18.4 Å². The Hall–Kier alpha value is -1.85. The lowest BCUT2D eigenvalue weighted by Crippen LogP contribution is -2.37. The van der Waals surface area contributed by atoms with Crippen LogP contribution in [0.25, 0.3) is 0 Å². The van der Waals surface area contributed by atoms with E-state index in [4.69, 9.17) is 16.8 Å². The third-order valence-electron chi connectivity index (χ3n) is 3.59. The summed E-state index contributed by atoms with van der Waals surface area (Å²) >= 11 is 7.60. The van der Waals surface area contributed by atoms with Crippen molar-refractivity contribution in [2.45, 2.75) is 13.3 Å². The highest BCUT2D eigenvalue weighted by atomic mass is 35.5. The Morgan fingerprint density at radius 1 is 1.43 bits per heavy atom. The van der Waals surface area contributed by atoms with Crippen molar-refractivity contribution in [2.75, 3.05) is 11.4 Å². The molecule has 0 aliphatic carbocycles. The van der Waals surface area contributed by atoms with E-state index in [-0.39, 0.29) is 5.91 Å². The van der Waals surface area contributed by atoms with Crippen LogP contribution in [0.5, 0.6) is 0 Å². The lowest BCUT2D eigenvalue weighted by Gasteiger charge is -2.30. The third kappa shape index (κ3) is 2.43. The van der Waals surface area contributed by atoms with Crippen LogP contribution in [0.15, 0.2) is 34.8 Å². The standard InChI is InChI=1S/C15H13ClN2O2S/c1-9-11(5-7-21-9)15(19)18-6-4-13(17-20)12-3-2-10(16)8-14(12)18/h2-3,5,7-8,20H,4,6H2,1H3. The molecule has 2 aromatic rings. The lowest BCUT2D eigenvalue weighted by atomic mass is 9.99. The normalized spacial score (nSPS) is 16.1. The van der Waals surface area contributed by atoms with Gasteiger partial charge in [-0.2, -0.15) is 0 Å². The number of fused-ring (bicyclic) bond motifs is 1. The first-order chi connectivity index (χ1) is 10.1. The van der Waals surface area contributed by atoms with Crippen molar-refractivity contribution in [1.29, 1.82) is 0 Å². The summed E-state index contributed by atoms with van der Waals surface area (Å²) in [5.74, 6) is -0.0470. The summed E-state index contributed by atoms with van der Waals surface area (Å²) in [5.41, 5.74) is 2.72. The summed E-state index contributed by atoms with van der Waals surface area (Å²) in [6.45, 7) is 2.40. The number of halogens is 1. The Morgan fingerprint density at radius 3 is 2.90 bits per heavy atom. The lowest BCUT2D eigenvalue weighted by molar-refractivity contribution is 0.0987. The minimum Gasteiger partial charge on any atom is -0.411 e. The molecule has 1 N–H and O–H groups in total. The largest absolute Gasteiger partial charge is 0.411 e. The zero-order valence-corrected chi connectivity index (χ0v) is 12.9. The number of rotatable bonds is 1. The quantitative estimate of drug-likeness (QED) is 0.639. The number of oxime groups is 1. The summed E-state index contributed by atoms with van der Waals surface area (Å²) < 4.78 is 0. The van der Waals surface area contributed by atoms with Crippen molar-refractivity contribution in [1.82, 2.24) is 0 Å². The van der Waals surface area contributed by atoms with E-state index in [0.717, 1.165) is 10.4 Å². The molecule has 0 atom stereocenters. The molecule has 0 saturated carbocycles. The second-order valence-electron chi connectivity index (χ2n) is 4.81. The van der Waals surface area contributed by atoms with Crippen molar-refractivity contribution in [2.24, 2.45) is 5.16 Å². The maximum absolute atomic E-state index is 12.7. The molecule has 1 amide bonds. The minimum absolute atomic E-state index is 0.0470. The summed E-state index contributed by atoms with van der Waals surface area (Å²) in [4.78, 5) is 15.4. The molecule has 1 aliphatic heterocycles. The molecule has 6 heteroatoms. The van der Waals surface area contributed by atoms with Crippen LogP contribution in [0.3, 0.4) is 0 Å². The van der Waals surface area contributed by atoms with Gasteiger partial charge in [-0.15, -0.1) is 11.3 Å². The SMILES string of the molecule is Cc1sccc1C(=O)N1CCC(=NO)c2ccc(Cl)cc21. The first-order valence-electron chi connectivity index (χ1n) is 6.48. The Labute approximate surface area is 131 Å². The van der Waals surface area contributed by atoms with Crippen LogP contribution in [0.4, 0.5) is 5.69 Å². The molecule has 1 aromatic carbocycles. The molecule has 4 nitrogen and oxygen atoms in total. The molecule has 0 fully saturated rings. The first kappa shape index (κ1) is 14.1. The van der Waals surface area contributed by atoms with Crippen LogP contribution in [0.2, 0.25) is 5.02 Å². The molecule has 0 bridgehead atoms. The summed E-state index contributed by atoms with van der Waals surface area (Å²) in [6.07, 6.45) is 0.514. The second kappa shape index (κ2) is 5.50. The number of aryl methyl sites for hydroxylation is 1. The highest BCUT2D eigenvalue weighted by Gasteiger charge is 2.28. The van der Waals surface area contributed by atoms with E-state index < -0.39 is 0 Å². The third-order valence-corrected chi connectivity index (χ3v) is 4.67. The van der Waals surface area contributed by atoms with Gasteiger partial charge in [0.2, 0.25) is 0 Å². The van der Waals surface area contributed by atoms with E-state index in [0.29, 0.717) is 35.0 Å². The van der Waals surface area contributed by atoms with E-state index in [1.54, 1.807) is 34.4 Å². The van der Waals surface area contributed by atoms with Crippen molar-refractivity contribution >= 4 is 40.2 Å². The van der Waals surface area contributed by atoms with E-state index in [9.17, 15) is 4.79 Å². The van der Waals surface area contributed by atoms with Crippen molar-refractivity contribution in [3.63, 3.8) is 0 Å². The van der Waals surface area contributed by atoms with E-state index in [2.05, 4.69) is 5.16 Å². The number of nitrogens with zero attached hydrogens (tertiary/aromatic N) is 2. The van der Waals surface area contributed by atoms with Gasteiger partial charge in [0.25, 0.3) is 5.91 Å². The Kier molecular flexibility index (Phi) is 3.69. The fourth-order valence-electron chi connectivity index (χ4n) is 2.51. The number of hydrogen-bond acceptors (Lipinski definition) is 4. The number of thiophene rings is 1. The molecule has 3 rings (SSSR count). The zero-order valence-electron chi connectivity index (χ0n) is 11.3. The van der Waals surface area contributed by atoms with Crippen LogP contribution in [0.1, 0.15) is 27.2 Å². The van der Waals surface area contributed by atoms with Gasteiger partial charge in [0.15, 0.2) is 0 Å². The van der Waals surface area contributed by atoms with Gasteiger partial charge >= 0.3 is 0 Å². The molecule has 0 saturated heterocycles. The summed E-state index contributed by atoms with van der Waals surface area (Å²) in [7, 11) is 0. The Balaban J connectivity index is 2.08. The first-order valence-corrected chi connectivity index (χ1v) is 7.74. The van der Waals surface area contributed by atoms with Gasteiger partial charge in [-0.05, 0) is 36.6 Å². The maximum atomic E-state index is 12.7. The molecular formula is C15H13ClN2O2S. The highest BCUT2D eigenvalue weighted by molar-refractivity contribution is 7.10. The van der Waals surface area contributed by atoms with Gasteiger partial charge in [0.05, 0.1) is 17.0 Å². The van der Waals surface area contributed by atoms with E-state index >= 15 is 0 Å². The van der Waals surface area contributed by atoms with Crippen LogP contribution in [0, 0.1) is 6.92 Å². The van der Waals surface area contributed by atoms with Crippen LogP contribution in [-0.4, -0.2) is 23.4 Å². The molecular weight excluding hydrogens is 308 g/mol. The van der Waals surface area contributed by atoms with Crippen LogP contribution in [-0.2, 0) is 0 Å². The summed E-state index contributed by atoms with van der Waals surface area (Å²) in [5, 5.41) is 14.9. The molecule has 2 heterocycles. The number of hydrogen-bond donors (Lipinski definition) is 1. The topological polar surface area (TPSA) is 52.9 Å². The number of anilines is 1. The Morgan fingerprint density at radius 2 is 2.24 bits per heavy atom. The highest BCUT2D eigenvalue weighted by Crippen LogP contribution is 2.32. The van der Waals surface area contributed by atoms with Gasteiger partial charge in [0.1, 0.15) is 0 Å². The van der Waals surface area contributed by atoms with Crippen LogP contribution < -0.4 is 4.90 Å². The molecule has 1 aliphatic rings. The van der Waals surface area contributed by atoms with Gasteiger partial charge in [-0.3, -0.25) is 4.79 Å². The average Bonchev–Trinajstić information content (AvgIpc) is 2.91. The van der Waals surface area contributed by atoms with Gasteiger partial charge in [-0.1, -0.05) is 16.8 Å². The molecule has 0 radical (unpaired) electrons. The maximum Gasteiger partial charge on any atom is 0.259 e. The molecule has 0 unspecified atom stereocenters. The molecule has 1 aromatic heterocycles. The number of amides is 1. The smallest absolute Gasteiger partial charge is 0.259 e. The zero-order chi connectivity index (χ0) is 15.0. The van der Waals surface area contributed by atoms with Gasteiger partial charge in [-0.25, -0.2) is 0 Å². The summed E-state index contributed by atoms with van der Waals surface area (Å²) in [6, 6.07) is 7.09. The number of carbonyl (C=O) groups excluding carboxylic acids is 1. The predicted molar refractivity (Wildman–Crippen MR) is 85.1 cm³/mol. The second-order valence-corrected chi connectivity index (χ2v) is 6.36. The van der Waals surface area contributed by atoms with Crippen LogP contribution >= 0.6 is 22.9 Å². The number of benzene rings is 1. The molecule has 0 spiro atoms. The average molecular weight is 321 g/mol. The van der Waals surface area contributed by atoms with Gasteiger partial charge < -0.3 is 10.1 Å². The minimum atomic E-state index is -0.0470. The molecule has 21 heavy (non-hydrogen) atoms.